The number of aryl methyl sites for hydroxylation is 1. The van der Waals surface area contributed by atoms with Crippen molar-refractivity contribution in [2.45, 2.75) is 13.8 Å². The average molecular weight is 438 g/mol. The van der Waals surface area contributed by atoms with Crippen molar-refractivity contribution < 1.29 is 19.1 Å². The largest absolute Gasteiger partial charge is 0.490 e. The summed E-state index contributed by atoms with van der Waals surface area (Å²) in [6.45, 7) is 4.35. The highest BCUT2D eigenvalue weighted by Crippen LogP contribution is 2.29. The first kappa shape index (κ1) is 22.0. The monoisotopic (exact) mass is 437 g/mol. The molecule has 0 bridgehead atoms. The molecule has 0 aliphatic heterocycles. The van der Waals surface area contributed by atoms with E-state index < -0.39 is 5.97 Å². The molecule has 0 saturated heterocycles. The van der Waals surface area contributed by atoms with E-state index >= 15 is 0 Å². The SMILES string of the molecule is CCOc1cc(/C=N/NC(=O)CNc2ccc(C)cc2)ccc1OC(=O)c1cccs1. The molecular formula is C23H23N3O4S. The highest BCUT2D eigenvalue weighted by Gasteiger charge is 2.14. The number of carbonyl (C=O) groups is 2. The highest BCUT2D eigenvalue weighted by molar-refractivity contribution is 7.12. The number of hydrazone groups is 1. The number of carbonyl (C=O) groups excluding carboxylic acids is 2. The number of nitrogens with zero attached hydrogens (tertiary/aromatic N) is 1. The van der Waals surface area contributed by atoms with Crippen molar-refractivity contribution in [3.8, 4) is 11.5 Å². The van der Waals surface area contributed by atoms with Crippen LogP contribution in [0.25, 0.3) is 0 Å². The minimum absolute atomic E-state index is 0.0994. The molecular weight excluding hydrogens is 414 g/mol. The predicted octanol–water partition coefficient (Wildman–Crippen LogP) is 4.24. The molecule has 1 amide bonds. The number of rotatable bonds is 9. The zero-order valence-corrected chi connectivity index (χ0v) is 18.1. The van der Waals surface area contributed by atoms with Crippen LogP contribution in [0.4, 0.5) is 5.69 Å². The van der Waals surface area contributed by atoms with Gasteiger partial charge in [-0.2, -0.15) is 5.10 Å². The molecule has 2 aromatic carbocycles. The van der Waals surface area contributed by atoms with Gasteiger partial charge in [0.25, 0.3) is 5.91 Å². The molecule has 3 aromatic rings. The Balaban J connectivity index is 1.56. The Labute approximate surface area is 184 Å². The number of hydrogen-bond acceptors (Lipinski definition) is 7. The Kier molecular flexibility index (Phi) is 7.78. The van der Waals surface area contributed by atoms with Crippen molar-refractivity contribution in [2.75, 3.05) is 18.5 Å². The van der Waals surface area contributed by atoms with Crippen molar-refractivity contribution in [3.63, 3.8) is 0 Å². The lowest BCUT2D eigenvalue weighted by Crippen LogP contribution is -2.25. The minimum Gasteiger partial charge on any atom is -0.490 e. The van der Waals surface area contributed by atoms with E-state index in [1.165, 1.54) is 17.6 Å². The van der Waals surface area contributed by atoms with E-state index in [1.807, 2.05) is 43.5 Å². The molecule has 0 atom stereocenters. The predicted molar refractivity (Wildman–Crippen MR) is 122 cm³/mol. The summed E-state index contributed by atoms with van der Waals surface area (Å²) in [5, 5.41) is 8.81. The number of esters is 1. The number of thiophene rings is 1. The van der Waals surface area contributed by atoms with Crippen LogP contribution in [-0.4, -0.2) is 31.2 Å². The van der Waals surface area contributed by atoms with Crippen LogP contribution < -0.4 is 20.2 Å². The first-order valence-corrected chi connectivity index (χ1v) is 10.6. The summed E-state index contributed by atoms with van der Waals surface area (Å²) in [5.74, 6) is 0.0292. The molecule has 7 nitrogen and oxygen atoms in total. The maximum Gasteiger partial charge on any atom is 0.353 e. The molecule has 0 aliphatic carbocycles. The van der Waals surface area contributed by atoms with Crippen LogP contribution in [0.15, 0.2) is 65.1 Å². The van der Waals surface area contributed by atoms with E-state index in [0.29, 0.717) is 28.5 Å². The van der Waals surface area contributed by atoms with Gasteiger partial charge in [-0.05, 0) is 61.2 Å². The quantitative estimate of drug-likeness (QED) is 0.226. The van der Waals surface area contributed by atoms with Crippen molar-refractivity contribution in [1.82, 2.24) is 5.43 Å². The Morgan fingerprint density at radius 3 is 2.61 bits per heavy atom. The number of anilines is 1. The van der Waals surface area contributed by atoms with Crippen LogP contribution >= 0.6 is 11.3 Å². The molecule has 2 N–H and O–H groups in total. The minimum atomic E-state index is -0.439. The van der Waals surface area contributed by atoms with Gasteiger partial charge in [-0.15, -0.1) is 11.3 Å². The molecule has 0 saturated carbocycles. The molecule has 1 aromatic heterocycles. The lowest BCUT2D eigenvalue weighted by atomic mass is 10.2. The summed E-state index contributed by atoms with van der Waals surface area (Å²) in [6, 6.07) is 16.3. The normalized spacial score (nSPS) is 10.6. The zero-order valence-electron chi connectivity index (χ0n) is 17.3. The Bertz CT molecular complexity index is 1050. The number of nitrogens with one attached hydrogen (secondary N) is 2. The summed E-state index contributed by atoms with van der Waals surface area (Å²) >= 11 is 1.31. The highest BCUT2D eigenvalue weighted by atomic mass is 32.1. The van der Waals surface area contributed by atoms with Gasteiger partial charge in [-0.1, -0.05) is 23.8 Å². The first-order chi connectivity index (χ1) is 15.0. The Morgan fingerprint density at radius 1 is 1.10 bits per heavy atom. The topological polar surface area (TPSA) is 89.0 Å². The molecule has 0 fully saturated rings. The Hall–Kier alpha value is -3.65. The fraction of sp³-hybridized carbons (Fsp3) is 0.174. The van der Waals surface area contributed by atoms with Crippen LogP contribution in [0.3, 0.4) is 0 Å². The molecule has 0 radical (unpaired) electrons. The summed E-state index contributed by atoms with van der Waals surface area (Å²) in [7, 11) is 0. The third kappa shape index (κ3) is 6.68. The summed E-state index contributed by atoms with van der Waals surface area (Å²) < 4.78 is 11.0. The van der Waals surface area contributed by atoms with E-state index in [2.05, 4.69) is 15.8 Å². The van der Waals surface area contributed by atoms with Crippen LogP contribution in [0, 0.1) is 6.92 Å². The van der Waals surface area contributed by atoms with E-state index in [1.54, 1.807) is 30.3 Å². The maximum absolute atomic E-state index is 12.2. The second kappa shape index (κ2) is 10.9. The molecule has 1 heterocycles. The number of ether oxygens (including phenoxy) is 2. The zero-order chi connectivity index (χ0) is 22.1. The van der Waals surface area contributed by atoms with Crippen LogP contribution in [0.1, 0.15) is 27.7 Å². The van der Waals surface area contributed by atoms with Gasteiger partial charge in [0.2, 0.25) is 0 Å². The third-order valence-corrected chi connectivity index (χ3v) is 4.95. The molecule has 0 spiro atoms. The number of benzene rings is 2. The number of hydrogen-bond donors (Lipinski definition) is 2. The van der Waals surface area contributed by atoms with Crippen LogP contribution in [-0.2, 0) is 4.79 Å². The Morgan fingerprint density at radius 2 is 1.90 bits per heavy atom. The fourth-order valence-electron chi connectivity index (χ4n) is 2.57. The standard InChI is InChI=1S/C23H23N3O4S/c1-3-29-20-13-17(8-11-19(20)30-23(28)21-5-4-12-31-21)14-25-26-22(27)15-24-18-9-6-16(2)7-10-18/h4-14,24H,3,15H2,1-2H3,(H,26,27)/b25-14+. The molecule has 8 heteroatoms. The van der Waals surface area contributed by atoms with E-state index in [9.17, 15) is 9.59 Å². The van der Waals surface area contributed by atoms with Gasteiger partial charge < -0.3 is 14.8 Å². The average Bonchev–Trinajstić information content (AvgIpc) is 3.30. The molecule has 0 aliphatic rings. The molecule has 31 heavy (non-hydrogen) atoms. The maximum atomic E-state index is 12.2. The van der Waals surface area contributed by atoms with Crippen molar-refractivity contribution in [3.05, 3.63) is 76.0 Å². The lowest BCUT2D eigenvalue weighted by Gasteiger charge is -2.10. The van der Waals surface area contributed by atoms with Crippen LogP contribution in [0.2, 0.25) is 0 Å². The summed E-state index contributed by atoms with van der Waals surface area (Å²) in [5.41, 5.74) is 5.17. The van der Waals surface area contributed by atoms with E-state index in [4.69, 9.17) is 9.47 Å². The first-order valence-electron chi connectivity index (χ1n) is 9.70. The second-order valence-corrected chi connectivity index (χ2v) is 7.47. The van der Waals surface area contributed by atoms with Gasteiger partial charge in [0.1, 0.15) is 4.88 Å². The second-order valence-electron chi connectivity index (χ2n) is 6.52. The molecule has 3 rings (SSSR count). The van der Waals surface area contributed by atoms with Gasteiger partial charge in [0, 0.05) is 5.69 Å². The van der Waals surface area contributed by atoms with Gasteiger partial charge in [-0.3, -0.25) is 4.79 Å². The third-order valence-electron chi connectivity index (χ3n) is 4.10. The van der Waals surface area contributed by atoms with E-state index in [0.717, 1.165) is 11.3 Å². The smallest absolute Gasteiger partial charge is 0.353 e. The van der Waals surface area contributed by atoms with Crippen molar-refractivity contribution >= 4 is 35.1 Å². The van der Waals surface area contributed by atoms with Gasteiger partial charge in [-0.25, -0.2) is 10.2 Å². The lowest BCUT2D eigenvalue weighted by molar-refractivity contribution is -0.119. The van der Waals surface area contributed by atoms with Gasteiger partial charge >= 0.3 is 5.97 Å². The molecule has 160 valence electrons. The number of amides is 1. The van der Waals surface area contributed by atoms with Gasteiger partial charge in [0.15, 0.2) is 11.5 Å². The van der Waals surface area contributed by atoms with E-state index in [-0.39, 0.29) is 12.5 Å². The summed E-state index contributed by atoms with van der Waals surface area (Å²) in [4.78, 5) is 24.7. The van der Waals surface area contributed by atoms with Crippen LogP contribution in [0.5, 0.6) is 11.5 Å². The fourth-order valence-corrected chi connectivity index (χ4v) is 3.17. The molecule has 0 unspecified atom stereocenters. The van der Waals surface area contributed by atoms with Crippen molar-refractivity contribution in [1.29, 1.82) is 0 Å². The van der Waals surface area contributed by atoms with Crippen molar-refractivity contribution in [2.24, 2.45) is 5.10 Å². The summed E-state index contributed by atoms with van der Waals surface area (Å²) in [6.07, 6.45) is 1.50. The van der Waals surface area contributed by atoms with Gasteiger partial charge in [0.05, 0.1) is 19.4 Å².